The number of para-hydroxylation sites is 1. The van der Waals surface area contributed by atoms with E-state index in [9.17, 15) is 9.59 Å². The predicted octanol–water partition coefficient (Wildman–Crippen LogP) is -0.0423. The van der Waals surface area contributed by atoms with E-state index in [2.05, 4.69) is 24.4 Å². The lowest BCUT2D eigenvalue weighted by Crippen LogP contribution is -3.28. The Labute approximate surface area is 172 Å². The van der Waals surface area contributed by atoms with Crippen molar-refractivity contribution in [1.29, 1.82) is 0 Å². The number of rotatable bonds is 7. The molecule has 1 heterocycles. The van der Waals surface area contributed by atoms with Gasteiger partial charge in [0.15, 0.2) is 6.54 Å². The van der Waals surface area contributed by atoms with Crippen LogP contribution in [0.4, 0.5) is 5.69 Å². The number of benzene rings is 2. The first-order valence-corrected chi connectivity index (χ1v) is 10.3. The van der Waals surface area contributed by atoms with Crippen molar-refractivity contribution in [2.45, 2.75) is 19.9 Å². The number of esters is 1. The van der Waals surface area contributed by atoms with Crippen LogP contribution in [0, 0.1) is 0 Å². The van der Waals surface area contributed by atoms with Gasteiger partial charge in [-0.3, -0.25) is 4.79 Å². The number of piperazine rings is 1. The van der Waals surface area contributed by atoms with E-state index in [0.29, 0.717) is 12.1 Å². The van der Waals surface area contributed by atoms with Crippen molar-refractivity contribution in [3.63, 3.8) is 0 Å². The molecular formula is C23H31N3O3+2. The van der Waals surface area contributed by atoms with E-state index in [4.69, 9.17) is 4.74 Å². The summed E-state index contributed by atoms with van der Waals surface area (Å²) in [4.78, 5) is 27.0. The van der Waals surface area contributed by atoms with Gasteiger partial charge in [-0.2, -0.15) is 0 Å². The highest BCUT2D eigenvalue weighted by Crippen LogP contribution is 2.14. The Morgan fingerprint density at radius 2 is 1.72 bits per heavy atom. The van der Waals surface area contributed by atoms with Gasteiger partial charge in [-0.1, -0.05) is 37.3 Å². The predicted molar refractivity (Wildman–Crippen MR) is 112 cm³/mol. The van der Waals surface area contributed by atoms with Crippen LogP contribution in [0.25, 0.3) is 0 Å². The fraction of sp³-hybridized carbons (Fsp3) is 0.391. The Hall–Kier alpha value is -2.70. The van der Waals surface area contributed by atoms with Gasteiger partial charge in [0.05, 0.1) is 12.7 Å². The average Bonchev–Trinajstić information content (AvgIpc) is 2.75. The van der Waals surface area contributed by atoms with Crippen LogP contribution >= 0.6 is 0 Å². The molecule has 0 aromatic heterocycles. The molecule has 0 atom stereocenters. The lowest BCUT2D eigenvalue weighted by Gasteiger charge is -2.29. The maximum Gasteiger partial charge on any atom is 0.337 e. The highest BCUT2D eigenvalue weighted by atomic mass is 16.5. The number of amides is 1. The highest BCUT2D eigenvalue weighted by molar-refractivity contribution is 5.92. The summed E-state index contributed by atoms with van der Waals surface area (Å²) < 4.78 is 4.80. The molecule has 2 aromatic carbocycles. The van der Waals surface area contributed by atoms with Crippen LogP contribution in [-0.4, -0.2) is 51.7 Å². The first-order chi connectivity index (χ1) is 14.1. The van der Waals surface area contributed by atoms with Gasteiger partial charge in [-0.05, 0) is 30.2 Å². The monoisotopic (exact) mass is 397 g/mol. The Balaban J connectivity index is 1.47. The lowest BCUT2D eigenvalue weighted by atomic mass is 10.1. The number of carbonyl (C=O) groups is 2. The number of aryl methyl sites for hydroxylation is 1. The molecule has 6 heteroatoms. The van der Waals surface area contributed by atoms with Crippen LogP contribution in [0.15, 0.2) is 48.5 Å². The summed E-state index contributed by atoms with van der Waals surface area (Å²) in [7, 11) is 1.40. The van der Waals surface area contributed by atoms with E-state index >= 15 is 0 Å². The number of nitrogens with one attached hydrogen (secondary N) is 3. The third-order valence-electron chi connectivity index (χ3n) is 5.55. The molecule has 3 rings (SSSR count). The van der Waals surface area contributed by atoms with Crippen molar-refractivity contribution in [1.82, 2.24) is 0 Å². The fourth-order valence-electron chi connectivity index (χ4n) is 3.90. The third-order valence-corrected chi connectivity index (χ3v) is 5.55. The Kier molecular flexibility index (Phi) is 7.38. The molecular weight excluding hydrogens is 366 g/mol. The molecule has 0 aliphatic carbocycles. The number of hydrogen-bond donors (Lipinski definition) is 3. The molecule has 1 fully saturated rings. The highest BCUT2D eigenvalue weighted by Gasteiger charge is 2.25. The van der Waals surface area contributed by atoms with Crippen molar-refractivity contribution in [2.24, 2.45) is 0 Å². The van der Waals surface area contributed by atoms with Crippen LogP contribution in [0.3, 0.4) is 0 Å². The van der Waals surface area contributed by atoms with Gasteiger partial charge in [0, 0.05) is 11.3 Å². The Bertz CT molecular complexity index is 845. The summed E-state index contributed by atoms with van der Waals surface area (Å²) in [6.07, 6.45) is 0.905. The zero-order valence-corrected chi connectivity index (χ0v) is 17.3. The molecule has 2 aromatic rings. The van der Waals surface area contributed by atoms with Crippen molar-refractivity contribution < 1.29 is 24.1 Å². The van der Waals surface area contributed by atoms with Gasteiger partial charge < -0.3 is 19.9 Å². The van der Waals surface area contributed by atoms with E-state index < -0.39 is 0 Å². The maximum absolute atomic E-state index is 12.5. The minimum Gasteiger partial charge on any atom is -0.465 e. The SMILES string of the molecule is CCc1ccccc1NC(=O)C[NH+]1CC[NH+](Cc2cccc(C(=O)OC)c2)CC1. The number of methoxy groups -OCH3 is 1. The number of hydrogen-bond acceptors (Lipinski definition) is 3. The maximum atomic E-state index is 12.5. The van der Waals surface area contributed by atoms with Crippen LogP contribution < -0.4 is 15.1 Å². The van der Waals surface area contributed by atoms with Gasteiger partial charge in [0.1, 0.15) is 32.7 Å². The Morgan fingerprint density at radius 1 is 1.00 bits per heavy atom. The molecule has 29 heavy (non-hydrogen) atoms. The van der Waals surface area contributed by atoms with Crippen molar-refractivity contribution in [3.05, 3.63) is 65.2 Å². The first kappa shape index (κ1) is 21.0. The van der Waals surface area contributed by atoms with E-state index in [-0.39, 0.29) is 11.9 Å². The molecule has 0 bridgehead atoms. The molecule has 3 N–H and O–H groups in total. The van der Waals surface area contributed by atoms with Crippen molar-refractivity contribution >= 4 is 17.6 Å². The van der Waals surface area contributed by atoms with Crippen LogP contribution in [0.2, 0.25) is 0 Å². The number of carbonyl (C=O) groups excluding carboxylic acids is 2. The molecule has 154 valence electrons. The second-order valence-electron chi connectivity index (χ2n) is 7.60. The van der Waals surface area contributed by atoms with Gasteiger partial charge in [0.25, 0.3) is 5.91 Å². The van der Waals surface area contributed by atoms with Gasteiger partial charge in [-0.15, -0.1) is 0 Å². The minimum atomic E-state index is -0.299. The normalized spacial score (nSPS) is 18.8. The van der Waals surface area contributed by atoms with Crippen molar-refractivity contribution in [3.8, 4) is 0 Å². The molecule has 1 aliphatic rings. The molecule has 1 amide bonds. The number of quaternary nitrogens is 2. The Morgan fingerprint density at radius 3 is 2.45 bits per heavy atom. The topological polar surface area (TPSA) is 64.3 Å². The van der Waals surface area contributed by atoms with Crippen LogP contribution in [0.5, 0.6) is 0 Å². The van der Waals surface area contributed by atoms with Crippen molar-refractivity contribution in [2.75, 3.05) is 45.2 Å². The van der Waals surface area contributed by atoms with E-state index in [1.807, 2.05) is 30.3 Å². The summed E-state index contributed by atoms with van der Waals surface area (Å²) in [5.41, 5.74) is 3.83. The average molecular weight is 398 g/mol. The zero-order valence-electron chi connectivity index (χ0n) is 17.3. The quantitative estimate of drug-likeness (QED) is 0.575. The third kappa shape index (κ3) is 5.89. The molecule has 6 nitrogen and oxygen atoms in total. The summed E-state index contributed by atoms with van der Waals surface area (Å²) in [5.74, 6) is -0.220. The van der Waals surface area contributed by atoms with Gasteiger partial charge in [0.2, 0.25) is 0 Å². The largest absolute Gasteiger partial charge is 0.465 e. The molecule has 1 aliphatic heterocycles. The van der Waals surface area contributed by atoms with E-state index in [1.54, 1.807) is 6.07 Å². The number of ether oxygens (including phenoxy) is 1. The smallest absolute Gasteiger partial charge is 0.337 e. The van der Waals surface area contributed by atoms with Gasteiger partial charge in [-0.25, -0.2) is 4.79 Å². The van der Waals surface area contributed by atoms with E-state index in [0.717, 1.165) is 50.4 Å². The summed E-state index contributed by atoms with van der Waals surface area (Å²) in [5, 5.41) is 3.07. The molecule has 0 spiro atoms. The number of anilines is 1. The van der Waals surface area contributed by atoms with Crippen LogP contribution in [-0.2, 0) is 22.5 Å². The lowest BCUT2D eigenvalue weighted by molar-refractivity contribution is -1.02. The molecule has 0 unspecified atom stereocenters. The molecule has 0 radical (unpaired) electrons. The summed E-state index contributed by atoms with van der Waals surface area (Å²) in [6.45, 7) is 7.44. The van der Waals surface area contributed by atoms with E-state index in [1.165, 1.54) is 22.5 Å². The second kappa shape index (κ2) is 10.2. The second-order valence-corrected chi connectivity index (χ2v) is 7.60. The first-order valence-electron chi connectivity index (χ1n) is 10.3. The molecule has 1 saturated heterocycles. The summed E-state index contributed by atoms with van der Waals surface area (Å²) >= 11 is 0. The zero-order chi connectivity index (χ0) is 20.6. The van der Waals surface area contributed by atoms with Gasteiger partial charge >= 0.3 is 5.97 Å². The minimum absolute atomic E-state index is 0.0788. The summed E-state index contributed by atoms with van der Waals surface area (Å²) in [6, 6.07) is 15.6. The standard InChI is InChI=1S/C23H29N3O3/c1-3-19-8-4-5-10-21(19)24-22(27)17-26-13-11-25(12-14-26)16-18-7-6-9-20(15-18)23(28)29-2/h4-10,15H,3,11-14,16-17H2,1-2H3,(H,24,27)/p+2. The fourth-order valence-corrected chi connectivity index (χ4v) is 3.90. The molecule has 0 saturated carbocycles. The van der Waals surface area contributed by atoms with Crippen LogP contribution in [0.1, 0.15) is 28.4 Å².